The number of hydrogen-bond donors (Lipinski definition) is 3. The number of aromatic nitrogens is 3. The van der Waals surface area contributed by atoms with Crippen LogP contribution < -0.4 is 15.5 Å². The monoisotopic (exact) mass is 382 g/mol. The first kappa shape index (κ1) is 19.2. The third kappa shape index (κ3) is 3.88. The van der Waals surface area contributed by atoms with Crippen molar-refractivity contribution in [2.45, 2.75) is 19.9 Å². The Bertz CT molecular complexity index is 1000. The van der Waals surface area contributed by atoms with Gasteiger partial charge in [0.05, 0.1) is 16.9 Å². The summed E-state index contributed by atoms with van der Waals surface area (Å²) in [4.78, 5) is 29.1. The predicted octanol–water partition coefficient (Wildman–Crippen LogP) is 3.36. The summed E-state index contributed by atoms with van der Waals surface area (Å²) >= 11 is 0. The predicted molar refractivity (Wildman–Crippen MR) is 107 cm³/mol. The molecule has 0 spiro atoms. The van der Waals surface area contributed by atoms with E-state index in [9.17, 15) is 14.7 Å². The summed E-state index contributed by atoms with van der Waals surface area (Å²) in [6, 6.07) is 10.7. The zero-order valence-electron chi connectivity index (χ0n) is 15.9. The van der Waals surface area contributed by atoms with Gasteiger partial charge in [0.2, 0.25) is 0 Å². The van der Waals surface area contributed by atoms with E-state index in [1.165, 1.54) is 6.20 Å². The van der Waals surface area contributed by atoms with Crippen molar-refractivity contribution in [3.63, 3.8) is 0 Å². The van der Waals surface area contributed by atoms with Gasteiger partial charge in [-0.2, -0.15) is 5.10 Å². The average molecular weight is 382 g/mol. The van der Waals surface area contributed by atoms with E-state index < -0.39 is 6.09 Å². The van der Waals surface area contributed by atoms with Crippen LogP contribution in [0.2, 0.25) is 0 Å². The van der Waals surface area contributed by atoms with Crippen molar-refractivity contribution in [1.82, 2.24) is 20.1 Å². The Morgan fingerprint density at radius 2 is 2.00 bits per heavy atom. The Balaban J connectivity index is 1.78. The number of pyridine rings is 1. The second-order valence-corrected chi connectivity index (χ2v) is 6.29. The molecule has 0 fully saturated rings. The molecule has 1 aromatic carbocycles. The highest BCUT2D eigenvalue weighted by atomic mass is 16.4. The minimum Gasteiger partial charge on any atom is -0.465 e. The van der Waals surface area contributed by atoms with E-state index in [0.717, 1.165) is 10.5 Å². The van der Waals surface area contributed by atoms with Crippen LogP contribution in [0.3, 0.4) is 0 Å². The minimum absolute atomic E-state index is 0.165. The lowest BCUT2D eigenvalue weighted by Gasteiger charge is -2.15. The van der Waals surface area contributed by atoms with E-state index in [1.807, 2.05) is 37.3 Å². The molecule has 0 saturated heterocycles. The molecule has 9 heteroatoms. The number of carboxylic acid groups (broad SMARTS) is 1. The fourth-order valence-corrected chi connectivity index (χ4v) is 2.95. The van der Waals surface area contributed by atoms with Gasteiger partial charge in [0.1, 0.15) is 5.82 Å². The molecule has 0 saturated carbocycles. The van der Waals surface area contributed by atoms with Gasteiger partial charge in [0, 0.05) is 25.9 Å². The van der Waals surface area contributed by atoms with Crippen LogP contribution in [0, 0.1) is 0 Å². The van der Waals surface area contributed by atoms with Crippen LogP contribution in [0.15, 0.2) is 42.6 Å². The number of rotatable bonds is 5. The molecule has 9 nitrogen and oxygen atoms in total. The minimum atomic E-state index is -1.08. The molecule has 3 amide bonds. The van der Waals surface area contributed by atoms with Crippen LogP contribution in [0.4, 0.5) is 21.2 Å². The number of urea groups is 1. The molecule has 2 aromatic heterocycles. The fraction of sp³-hybridized carbons (Fsp3) is 0.263. The average Bonchev–Trinajstić information content (AvgIpc) is 2.98. The lowest BCUT2D eigenvalue weighted by atomic mass is 10.1. The Labute approximate surface area is 162 Å². The van der Waals surface area contributed by atoms with Crippen LogP contribution in [-0.4, -0.2) is 38.5 Å². The topological polar surface area (TPSA) is 112 Å². The second kappa shape index (κ2) is 7.95. The Kier molecular flexibility index (Phi) is 5.44. The molecule has 1 atom stereocenters. The maximum absolute atomic E-state index is 12.3. The summed E-state index contributed by atoms with van der Waals surface area (Å²) in [7, 11) is 1.71. The van der Waals surface area contributed by atoms with Crippen LogP contribution in [0.5, 0.6) is 0 Å². The second-order valence-electron chi connectivity index (χ2n) is 6.29. The largest absolute Gasteiger partial charge is 0.465 e. The molecule has 28 heavy (non-hydrogen) atoms. The van der Waals surface area contributed by atoms with E-state index in [0.29, 0.717) is 22.5 Å². The summed E-state index contributed by atoms with van der Waals surface area (Å²) in [5, 5.41) is 19.8. The first-order chi connectivity index (χ1) is 13.4. The van der Waals surface area contributed by atoms with Gasteiger partial charge >= 0.3 is 12.1 Å². The highest BCUT2D eigenvalue weighted by molar-refractivity contribution is 5.99. The van der Waals surface area contributed by atoms with Crippen molar-refractivity contribution in [2.24, 2.45) is 7.05 Å². The third-order valence-electron chi connectivity index (χ3n) is 4.41. The molecule has 0 aliphatic rings. The maximum atomic E-state index is 12.3. The Morgan fingerprint density at radius 3 is 2.64 bits per heavy atom. The normalized spacial score (nSPS) is 11.8. The molecule has 3 rings (SSSR count). The summed E-state index contributed by atoms with van der Waals surface area (Å²) < 4.78 is 1.56. The molecule has 0 radical (unpaired) electrons. The van der Waals surface area contributed by atoms with Gasteiger partial charge in [-0.3, -0.25) is 14.9 Å². The number of amides is 3. The van der Waals surface area contributed by atoms with Crippen LogP contribution in [0.1, 0.15) is 25.5 Å². The zero-order valence-corrected chi connectivity index (χ0v) is 15.9. The first-order valence-electron chi connectivity index (χ1n) is 8.86. The van der Waals surface area contributed by atoms with Gasteiger partial charge in [-0.05, 0) is 19.4 Å². The molecule has 0 bridgehead atoms. The number of aryl methyl sites for hydroxylation is 1. The van der Waals surface area contributed by atoms with Crippen molar-refractivity contribution >= 4 is 34.7 Å². The maximum Gasteiger partial charge on any atom is 0.413 e. The van der Waals surface area contributed by atoms with Crippen LogP contribution >= 0.6 is 0 Å². The number of fused-ring (bicyclic) bond motifs is 1. The van der Waals surface area contributed by atoms with Crippen LogP contribution in [0.25, 0.3) is 10.9 Å². The molecular formula is C19H22N6O3. The molecular weight excluding hydrogens is 360 g/mol. The number of anilines is 2. The molecule has 2 heterocycles. The lowest BCUT2D eigenvalue weighted by molar-refractivity contribution is 0.202. The number of benzene rings is 1. The van der Waals surface area contributed by atoms with Gasteiger partial charge in [0.25, 0.3) is 0 Å². The number of carbonyl (C=O) groups excluding carboxylic acids is 1. The smallest absolute Gasteiger partial charge is 0.413 e. The van der Waals surface area contributed by atoms with Crippen molar-refractivity contribution in [2.75, 3.05) is 16.8 Å². The molecule has 0 aliphatic carbocycles. The van der Waals surface area contributed by atoms with Crippen LogP contribution in [-0.2, 0) is 7.05 Å². The van der Waals surface area contributed by atoms with Crippen molar-refractivity contribution in [3.05, 3.63) is 48.2 Å². The van der Waals surface area contributed by atoms with Gasteiger partial charge in [0.15, 0.2) is 5.82 Å². The van der Waals surface area contributed by atoms with E-state index >= 15 is 0 Å². The first-order valence-corrected chi connectivity index (χ1v) is 8.86. The van der Waals surface area contributed by atoms with Gasteiger partial charge in [-0.15, -0.1) is 0 Å². The number of carbonyl (C=O) groups is 2. The van der Waals surface area contributed by atoms with Gasteiger partial charge < -0.3 is 10.4 Å². The SMILES string of the molecule is CCN(C(=O)O)c1nn(C)c2cc(NC(=O)N[C@H](C)c3ccccc3)ncc12. The number of hydrogen-bond acceptors (Lipinski definition) is 4. The quantitative estimate of drug-likeness (QED) is 0.626. The van der Waals surface area contributed by atoms with Crippen molar-refractivity contribution in [3.8, 4) is 0 Å². The molecule has 0 unspecified atom stereocenters. The molecule has 146 valence electrons. The third-order valence-corrected chi connectivity index (χ3v) is 4.41. The van der Waals surface area contributed by atoms with Crippen molar-refractivity contribution < 1.29 is 14.7 Å². The summed E-state index contributed by atoms with van der Waals surface area (Å²) in [5.41, 5.74) is 1.65. The van der Waals surface area contributed by atoms with Gasteiger partial charge in [-0.25, -0.2) is 14.6 Å². The summed E-state index contributed by atoms with van der Waals surface area (Å²) in [6.45, 7) is 3.89. The fourth-order valence-electron chi connectivity index (χ4n) is 2.95. The Morgan fingerprint density at radius 1 is 1.29 bits per heavy atom. The van der Waals surface area contributed by atoms with E-state index in [-0.39, 0.29) is 18.6 Å². The van der Waals surface area contributed by atoms with E-state index in [1.54, 1.807) is 24.7 Å². The molecule has 3 aromatic rings. The highest BCUT2D eigenvalue weighted by Gasteiger charge is 2.20. The van der Waals surface area contributed by atoms with Gasteiger partial charge in [-0.1, -0.05) is 30.3 Å². The molecule has 3 N–H and O–H groups in total. The zero-order chi connectivity index (χ0) is 20.3. The van der Waals surface area contributed by atoms with Crippen molar-refractivity contribution in [1.29, 1.82) is 0 Å². The van der Waals surface area contributed by atoms with E-state index in [4.69, 9.17) is 0 Å². The highest BCUT2D eigenvalue weighted by Crippen LogP contribution is 2.26. The lowest BCUT2D eigenvalue weighted by Crippen LogP contribution is -2.31. The summed E-state index contributed by atoms with van der Waals surface area (Å²) in [5.74, 6) is 0.659. The standard InChI is InChI=1S/C19H22N6O3/c1-4-25(19(27)28)17-14-11-20-16(10-15(14)24(3)23-17)22-18(26)21-12(2)13-8-6-5-7-9-13/h5-12H,4H2,1-3H3,(H,27,28)(H2,20,21,22,26)/t12-/m1/s1. The summed E-state index contributed by atoms with van der Waals surface area (Å²) in [6.07, 6.45) is 0.429. The number of nitrogens with one attached hydrogen (secondary N) is 2. The molecule has 0 aliphatic heterocycles. The van der Waals surface area contributed by atoms with E-state index in [2.05, 4.69) is 20.7 Å². The number of nitrogens with zero attached hydrogens (tertiary/aromatic N) is 4. The Hall–Kier alpha value is -3.62.